The SMILES string of the molecule is Cc1ccc(NC(=O)c2n[nH]c(C)c2[N+](=O)[O-])nc1. The summed E-state index contributed by atoms with van der Waals surface area (Å²) in [7, 11) is 0. The molecule has 0 aliphatic heterocycles. The van der Waals surface area contributed by atoms with Crippen LogP contribution in [0.2, 0.25) is 0 Å². The van der Waals surface area contributed by atoms with E-state index in [1.165, 1.54) is 6.92 Å². The predicted octanol–water partition coefficient (Wildman–Crippen LogP) is 1.58. The minimum absolute atomic E-state index is 0.229. The number of anilines is 1. The monoisotopic (exact) mass is 261 g/mol. The van der Waals surface area contributed by atoms with Crippen LogP contribution < -0.4 is 5.32 Å². The van der Waals surface area contributed by atoms with E-state index in [9.17, 15) is 14.9 Å². The van der Waals surface area contributed by atoms with Crippen molar-refractivity contribution in [3.8, 4) is 0 Å². The molecule has 2 aromatic rings. The largest absolute Gasteiger partial charge is 0.322 e. The Morgan fingerprint density at radius 1 is 1.42 bits per heavy atom. The first-order valence-corrected chi connectivity index (χ1v) is 5.42. The molecule has 0 saturated heterocycles. The van der Waals surface area contributed by atoms with Gasteiger partial charge in [0, 0.05) is 6.20 Å². The van der Waals surface area contributed by atoms with Crippen molar-refractivity contribution in [2.24, 2.45) is 0 Å². The zero-order valence-electron chi connectivity index (χ0n) is 10.3. The van der Waals surface area contributed by atoms with E-state index in [0.29, 0.717) is 5.82 Å². The number of nitrogens with zero attached hydrogens (tertiary/aromatic N) is 3. The number of carbonyl (C=O) groups is 1. The van der Waals surface area contributed by atoms with Gasteiger partial charge in [-0.25, -0.2) is 4.98 Å². The Labute approximate surface area is 108 Å². The van der Waals surface area contributed by atoms with Crippen LogP contribution in [0, 0.1) is 24.0 Å². The van der Waals surface area contributed by atoms with Crippen LogP contribution >= 0.6 is 0 Å². The molecule has 0 aliphatic carbocycles. The number of aromatic amines is 1. The molecule has 19 heavy (non-hydrogen) atoms. The number of carbonyl (C=O) groups excluding carboxylic acids is 1. The van der Waals surface area contributed by atoms with Gasteiger partial charge in [-0.05, 0) is 25.5 Å². The van der Waals surface area contributed by atoms with E-state index in [1.807, 2.05) is 6.92 Å². The molecule has 2 rings (SSSR count). The van der Waals surface area contributed by atoms with Gasteiger partial charge in [-0.2, -0.15) is 5.10 Å². The summed E-state index contributed by atoms with van der Waals surface area (Å²) in [4.78, 5) is 26.1. The second-order valence-corrected chi connectivity index (χ2v) is 3.98. The lowest BCUT2D eigenvalue weighted by atomic mass is 10.3. The number of hydrogen-bond acceptors (Lipinski definition) is 5. The van der Waals surface area contributed by atoms with Gasteiger partial charge in [-0.3, -0.25) is 20.0 Å². The molecule has 2 heterocycles. The number of rotatable bonds is 3. The molecule has 0 bridgehead atoms. The van der Waals surface area contributed by atoms with Crippen LogP contribution in [0.15, 0.2) is 18.3 Å². The van der Waals surface area contributed by atoms with Crippen LogP contribution in [0.4, 0.5) is 11.5 Å². The second-order valence-electron chi connectivity index (χ2n) is 3.98. The van der Waals surface area contributed by atoms with E-state index in [-0.39, 0.29) is 17.1 Å². The van der Waals surface area contributed by atoms with E-state index in [2.05, 4.69) is 20.5 Å². The summed E-state index contributed by atoms with van der Waals surface area (Å²) in [5.74, 6) is -0.363. The average Bonchev–Trinajstić information content (AvgIpc) is 2.74. The van der Waals surface area contributed by atoms with Crippen molar-refractivity contribution in [3.05, 3.63) is 45.4 Å². The summed E-state index contributed by atoms with van der Waals surface area (Å²) in [5.41, 5.74) is 0.584. The standard InChI is InChI=1S/C11H11N5O3/c1-6-3-4-8(12-5-6)13-11(17)9-10(16(18)19)7(2)14-15-9/h3-5H,1-2H3,(H,14,15)(H,12,13,17). The van der Waals surface area contributed by atoms with Crippen molar-refractivity contribution in [2.45, 2.75) is 13.8 Å². The lowest BCUT2D eigenvalue weighted by Crippen LogP contribution is -2.15. The minimum Gasteiger partial charge on any atom is -0.305 e. The van der Waals surface area contributed by atoms with Gasteiger partial charge in [0.05, 0.1) is 4.92 Å². The van der Waals surface area contributed by atoms with Crippen molar-refractivity contribution >= 4 is 17.4 Å². The summed E-state index contributed by atoms with van der Waals surface area (Å²) in [5, 5.41) is 19.4. The first kappa shape index (κ1) is 12.7. The van der Waals surface area contributed by atoms with Crippen LogP contribution in [0.5, 0.6) is 0 Å². The number of H-pyrrole nitrogens is 1. The number of nitro groups is 1. The Kier molecular flexibility index (Phi) is 3.23. The number of nitrogens with one attached hydrogen (secondary N) is 2. The summed E-state index contributed by atoms with van der Waals surface area (Å²) in [6.07, 6.45) is 1.58. The fourth-order valence-corrected chi connectivity index (χ4v) is 1.52. The van der Waals surface area contributed by atoms with Gasteiger partial charge < -0.3 is 5.32 Å². The Bertz CT molecular complexity index is 632. The first-order valence-electron chi connectivity index (χ1n) is 5.42. The van der Waals surface area contributed by atoms with Crippen molar-refractivity contribution < 1.29 is 9.72 Å². The van der Waals surface area contributed by atoms with Crippen molar-refractivity contribution in [2.75, 3.05) is 5.32 Å². The third kappa shape index (κ3) is 2.57. The zero-order chi connectivity index (χ0) is 14.0. The van der Waals surface area contributed by atoms with Gasteiger partial charge in [0.2, 0.25) is 5.69 Å². The molecular formula is C11H11N5O3. The van der Waals surface area contributed by atoms with E-state index >= 15 is 0 Å². The van der Waals surface area contributed by atoms with Gasteiger partial charge >= 0.3 is 5.69 Å². The predicted molar refractivity (Wildman–Crippen MR) is 66.9 cm³/mol. The number of pyridine rings is 1. The van der Waals surface area contributed by atoms with Gasteiger partial charge in [0.1, 0.15) is 11.5 Å². The molecule has 0 atom stereocenters. The van der Waals surface area contributed by atoms with E-state index in [4.69, 9.17) is 0 Å². The number of aromatic nitrogens is 3. The summed E-state index contributed by atoms with van der Waals surface area (Å²) >= 11 is 0. The van der Waals surface area contributed by atoms with E-state index < -0.39 is 10.8 Å². The third-order valence-electron chi connectivity index (χ3n) is 2.47. The molecule has 8 nitrogen and oxygen atoms in total. The Morgan fingerprint density at radius 2 is 2.16 bits per heavy atom. The van der Waals surface area contributed by atoms with Crippen molar-refractivity contribution in [1.82, 2.24) is 15.2 Å². The molecular weight excluding hydrogens is 250 g/mol. The van der Waals surface area contributed by atoms with E-state index in [0.717, 1.165) is 5.56 Å². The van der Waals surface area contributed by atoms with Crippen molar-refractivity contribution in [1.29, 1.82) is 0 Å². The van der Waals surface area contributed by atoms with Crippen LogP contribution in [0.25, 0.3) is 0 Å². The molecule has 0 unspecified atom stereocenters. The average molecular weight is 261 g/mol. The molecule has 98 valence electrons. The fourth-order valence-electron chi connectivity index (χ4n) is 1.52. The molecule has 8 heteroatoms. The molecule has 2 N–H and O–H groups in total. The smallest absolute Gasteiger partial charge is 0.305 e. The Hall–Kier alpha value is -2.77. The summed E-state index contributed by atoms with van der Waals surface area (Å²) in [6, 6.07) is 3.38. The maximum Gasteiger partial charge on any atom is 0.322 e. The molecule has 0 radical (unpaired) electrons. The number of amides is 1. The highest BCUT2D eigenvalue weighted by Crippen LogP contribution is 2.20. The molecule has 2 aromatic heterocycles. The molecule has 0 spiro atoms. The zero-order valence-corrected chi connectivity index (χ0v) is 10.3. The third-order valence-corrected chi connectivity index (χ3v) is 2.47. The summed E-state index contributed by atoms with van der Waals surface area (Å²) in [6.45, 7) is 3.34. The summed E-state index contributed by atoms with van der Waals surface area (Å²) < 4.78 is 0. The molecule has 0 saturated carbocycles. The van der Waals surface area contributed by atoms with Gasteiger partial charge in [-0.1, -0.05) is 6.07 Å². The highest BCUT2D eigenvalue weighted by molar-refractivity contribution is 6.05. The molecule has 0 aromatic carbocycles. The Morgan fingerprint density at radius 3 is 2.74 bits per heavy atom. The Balaban J connectivity index is 2.25. The van der Waals surface area contributed by atoms with Crippen LogP contribution in [0.3, 0.4) is 0 Å². The maximum atomic E-state index is 11.9. The van der Waals surface area contributed by atoms with Crippen LogP contribution in [0.1, 0.15) is 21.7 Å². The lowest BCUT2D eigenvalue weighted by Gasteiger charge is -2.02. The second kappa shape index (κ2) is 4.84. The normalized spacial score (nSPS) is 10.2. The maximum absolute atomic E-state index is 11.9. The molecule has 0 fully saturated rings. The minimum atomic E-state index is -0.674. The molecule has 1 amide bonds. The first-order chi connectivity index (χ1) is 8.99. The van der Waals surface area contributed by atoms with Crippen LogP contribution in [-0.2, 0) is 0 Å². The highest BCUT2D eigenvalue weighted by atomic mass is 16.6. The quantitative estimate of drug-likeness (QED) is 0.643. The van der Waals surface area contributed by atoms with Gasteiger partial charge in [0.25, 0.3) is 5.91 Å². The highest BCUT2D eigenvalue weighted by Gasteiger charge is 2.27. The topological polar surface area (TPSA) is 114 Å². The van der Waals surface area contributed by atoms with Crippen molar-refractivity contribution in [3.63, 3.8) is 0 Å². The molecule has 0 aliphatic rings. The van der Waals surface area contributed by atoms with E-state index in [1.54, 1.807) is 18.3 Å². The fraction of sp³-hybridized carbons (Fsp3) is 0.182. The van der Waals surface area contributed by atoms with Gasteiger partial charge in [-0.15, -0.1) is 0 Å². The lowest BCUT2D eigenvalue weighted by molar-refractivity contribution is -0.385. The number of hydrogen-bond donors (Lipinski definition) is 2. The van der Waals surface area contributed by atoms with Gasteiger partial charge in [0.15, 0.2) is 0 Å². The van der Waals surface area contributed by atoms with Crippen LogP contribution in [-0.4, -0.2) is 26.0 Å². The number of aryl methyl sites for hydroxylation is 2.